The van der Waals surface area contributed by atoms with Gasteiger partial charge in [0.15, 0.2) is 0 Å². The van der Waals surface area contributed by atoms with E-state index in [0.717, 1.165) is 12.8 Å². The van der Waals surface area contributed by atoms with Gasteiger partial charge in [-0.05, 0) is 0 Å². The van der Waals surface area contributed by atoms with E-state index in [1.54, 1.807) is 0 Å². The van der Waals surface area contributed by atoms with Crippen LogP contribution in [0, 0.1) is 5.92 Å². The molecule has 142 valence electrons. The van der Waals surface area contributed by atoms with Crippen LogP contribution >= 0.6 is 7.74 Å². The van der Waals surface area contributed by atoms with Gasteiger partial charge in [0.2, 0.25) is 0 Å². The third kappa shape index (κ3) is 3.99. The van der Waals surface area contributed by atoms with Gasteiger partial charge in [-0.2, -0.15) is 0 Å². The van der Waals surface area contributed by atoms with E-state index in [1.807, 2.05) is 36.4 Å². The zero-order valence-corrected chi connectivity index (χ0v) is 16.4. The van der Waals surface area contributed by atoms with E-state index in [-0.39, 0.29) is 12.0 Å². The molecule has 26 heavy (non-hydrogen) atoms. The van der Waals surface area contributed by atoms with Crippen LogP contribution in [0.5, 0.6) is 0 Å². The molecular formula is C20H27O5P. The van der Waals surface area contributed by atoms with Gasteiger partial charge in [0, 0.05) is 0 Å². The summed E-state index contributed by atoms with van der Waals surface area (Å²) < 4.78 is 29.1. The van der Waals surface area contributed by atoms with Crippen LogP contribution in [-0.2, 0) is 35.5 Å². The Labute approximate surface area is 155 Å². The Kier molecular flexibility index (Phi) is 6.08. The molecule has 0 amide bonds. The van der Waals surface area contributed by atoms with Gasteiger partial charge in [-0.15, -0.1) is 0 Å². The minimum absolute atomic E-state index is 0.149. The molecule has 1 aliphatic rings. The molecule has 0 aromatic heterocycles. The average Bonchev–Trinajstić information content (AvgIpc) is 2.71. The number of rotatable bonds is 7. The van der Waals surface area contributed by atoms with Gasteiger partial charge >= 0.3 is 155 Å². The SMILES string of the molecule is COP1(OC)(OC)OCC(Cc2ccccc2)C(Cc2ccccc2)O1. The van der Waals surface area contributed by atoms with Crippen molar-refractivity contribution < 1.29 is 22.6 Å². The van der Waals surface area contributed by atoms with E-state index < -0.39 is 7.74 Å². The van der Waals surface area contributed by atoms with Crippen LogP contribution in [0.4, 0.5) is 0 Å². The molecule has 0 bridgehead atoms. The molecule has 2 unspecified atom stereocenters. The second-order valence-electron chi connectivity index (χ2n) is 6.37. The molecular weight excluding hydrogens is 351 g/mol. The average molecular weight is 378 g/mol. The summed E-state index contributed by atoms with van der Waals surface area (Å²) in [5.74, 6) is 0.160. The monoisotopic (exact) mass is 378 g/mol. The molecule has 1 saturated heterocycles. The van der Waals surface area contributed by atoms with E-state index in [4.69, 9.17) is 22.6 Å². The van der Waals surface area contributed by atoms with Crippen molar-refractivity contribution in [1.82, 2.24) is 0 Å². The first-order valence-electron chi connectivity index (χ1n) is 8.75. The summed E-state index contributed by atoms with van der Waals surface area (Å²) in [6.07, 6.45) is 1.43. The fourth-order valence-corrected chi connectivity index (χ4v) is 5.54. The number of hydrogen-bond acceptors (Lipinski definition) is 5. The van der Waals surface area contributed by atoms with Crippen LogP contribution in [0.25, 0.3) is 0 Å². The molecule has 1 fully saturated rings. The predicted molar refractivity (Wildman–Crippen MR) is 103 cm³/mol. The Bertz CT molecular complexity index is 679. The molecule has 2 atom stereocenters. The van der Waals surface area contributed by atoms with Gasteiger partial charge in [0.1, 0.15) is 0 Å². The molecule has 2 aromatic rings. The van der Waals surface area contributed by atoms with E-state index in [2.05, 4.69) is 24.3 Å². The third-order valence-electron chi connectivity index (χ3n) is 4.85. The number of hydrogen-bond donors (Lipinski definition) is 0. The zero-order valence-electron chi connectivity index (χ0n) is 15.5. The summed E-state index contributed by atoms with van der Waals surface area (Å²) in [6, 6.07) is 20.6. The van der Waals surface area contributed by atoms with Gasteiger partial charge in [-0.25, -0.2) is 0 Å². The molecule has 6 heteroatoms. The van der Waals surface area contributed by atoms with E-state index in [9.17, 15) is 0 Å². The summed E-state index contributed by atoms with van der Waals surface area (Å²) >= 11 is 0. The van der Waals surface area contributed by atoms with Crippen molar-refractivity contribution in [2.24, 2.45) is 5.92 Å². The van der Waals surface area contributed by atoms with Crippen molar-refractivity contribution in [2.45, 2.75) is 18.9 Å². The van der Waals surface area contributed by atoms with Crippen molar-refractivity contribution in [3.05, 3.63) is 71.8 Å². The normalized spacial score (nSPS) is 25.9. The molecule has 2 aromatic carbocycles. The molecule has 0 saturated carbocycles. The Balaban J connectivity index is 1.86. The fraction of sp³-hybridized carbons (Fsp3) is 0.400. The third-order valence-corrected chi connectivity index (χ3v) is 7.82. The minimum atomic E-state index is -4.01. The summed E-state index contributed by atoms with van der Waals surface area (Å²) in [5.41, 5.74) is 2.44. The second-order valence-corrected chi connectivity index (χ2v) is 9.43. The Morgan fingerprint density at radius 2 is 1.31 bits per heavy atom. The van der Waals surface area contributed by atoms with E-state index in [1.165, 1.54) is 32.5 Å². The molecule has 1 aliphatic heterocycles. The van der Waals surface area contributed by atoms with Crippen LogP contribution in [0.1, 0.15) is 11.1 Å². The van der Waals surface area contributed by atoms with Gasteiger partial charge < -0.3 is 0 Å². The summed E-state index contributed by atoms with van der Waals surface area (Å²) in [7, 11) is 0.491. The zero-order chi connectivity index (χ0) is 18.5. The maximum atomic E-state index is 6.34. The van der Waals surface area contributed by atoms with Gasteiger partial charge in [0.25, 0.3) is 0 Å². The quantitative estimate of drug-likeness (QED) is 0.661. The molecule has 0 N–H and O–H groups in total. The van der Waals surface area contributed by atoms with Crippen LogP contribution in [0.2, 0.25) is 0 Å². The van der Waals surface area contributed by atoms with E-state index >= 15 is 0 Å². The Morgan fingerprint density at radius 3 is 1.81 bits per heavy atom. The van der Waals surface area contributed by atoms with Crippen molar-refractivity contribution in [3.8, 4) is 0 Å². The summed E-state index contributed by atoms with van der Waals surface area (Å²) in [4.78, 5) is 0. The molecule has 0 spiro atoms. The standard InChI is InChI=1S/C20H27O5P/c1-21-26(22-2,23-3)24-16-19(14-17-10-6-4-7-11-17)20(25-26)15-18-12-8-5-9-13-18/h4-13,19-20H,14-16H2,1-3H3. The first-order valence-corrected chi connectivity index (χ1v) is 10.6. The second kappa shape index (κ2) is 8.13. The summed E-state index contributed by atoms with van der Waals surface area (Å²) in [5, 5.41) is 0. The van der Waals surface area contributed by atoms with Crippen LogP contribution in [0.3, 0.4) is 0 Å². The molecule has 0 aliphatic carbocycles. The summed E-state index contributed by atoms with van der Waals surface area (Å²) in [6.45, 7) is 0.444. The fourth-order valence-electron chi connectivity index (χ4n) is 3.33. The van der Waals surface area contributed by atoms with Gasteiger partial charge in [-0.1, -0.05) is 0 Å². The first kappa shape index (κ1) is 19.4. The first-order chi connectivity index (χ1) is 12.6. The van der Waals surface area contributed by atoms with Crippen molar-refractivity contribution >= 4 is 7.74 Å². The maximum absolute atomic E-state index is 6.34. The Hall–Kier alpha value is -1.33. The van der Waals surface area contributed by atoms with Crippen LogP contribution < -0.4 is 0 Å². The number of benzene rings is 2. The predicted octanol–water partition coefficient (Wildman–Crippen LogP) is 4.57. The Morgan fingerprint density at radius 1 is 0.808 bits per heavy atom. The van der Waals surface area contributed by atoms with Crippen LogP contribution in [0.15, 0.2) is 60.7 Å². The van der Waals surface area contributed by atoms with Gasteiger partial charge in [0.05, 0.1) is 0 Å². The van der Waals surface area contributed by atoms with Crippen LogP contribution in [-0.4, -0.2) is 34.0 Å². The van der Waals surface area contributed by atoms with Crippen molar-refractivity contribution in [3.63, 3.8) is 0 Å². The van der Waals surface area contributed by atoms with Gasteiger partial charge in [-0.3, -0.25) is 0 Å². The topological polar surface area (TPSA) is 46.2 Å². The molecule has 5 nitrogen and oxygen atoms in total. The van der Waals surface area contributed by atoms with Crippen molar-refractivity contribution in [1.29, 1.82) is 0 Å². The molecule has 3 rings (SSSR count). The van der Waals surface area contributed by atoms with E-state index in [0.29, 0.717) is 6.61 Å². The van der Waals surface area contributed by atoms with Crippen molar-refractivity contribution in [2.75, 3.05) is 27.9 Å². The molecule has 0 radical (unpaired) electrons. The molecule has 1 heterocycles.